The van der Waals surface area contributed by atoms with Crippen LogP contribution in [0.1, 0.15) is 25.5 Å². The Morgan fingerprint density at radius 1 is 1.29 bits per heavy atom. The van der Waals surface area contributed by atoms with E-state index in [0.29, 0.717) is 12.0 Å². The van der Waals surface area contributed by atoms with Crippen LogP contribution in [0, 0.1) is 5.92 Å². The van der Waals surface area contributed by atoms with Crippen molar-refractivity contribution in [3.63, 3.8) is 0 Å². The second kappa shape index (κ2) is 5.15. The van der Waals surface area contributed by atoms with Gasteiger partial charge >= 0.3 is 0 Å². The van der Waals surface area contributed by atoms with Gasteiger partial charge in [0.25, 0.3) is 0 Å². The first-order valence-electron chi connectivity index (χ1n) is 4.68. The molecule has 0 aliphatic heterocycles. The highest BCUT2D eigenvalue weighted by atomic mass is 79.9. The fourth-order valence-electron chi connectivity index (χ4n) is 1.64. The summed E-state index contributed by atoms with van der Waals surface area (Å²) in [5, 5.41) is 4.07. The molecule has 3 heteroatoms. The monoisotopic (exact) mass is 275 g/mol. The average Bonchev–Trinajstić information content (AvgIpc) is 2.02. The lowest BCUT2D eigenvalue weighted by Gasteiger charge is -2.21. The number of benzene rings is 1. The summed E-state index contributed by atoms with van der Waals surface area (Å²) in [6.45, 7) is 4.38. The van der Waals surface area contributed by atoms with E-state index < -0.39 is 0 Å². The van der Waals surface area contributed by atoms with Crippen LogP contribution in [0.2, 0.25) is 5.02 Å². The molecule has 1 atom stereocenters. The Morgan fingerprint density at radius 2 is 1.93 bits per heavy atom. The molecular weight excluding hydrogens is 261 g/mol. The van der Waals surface area contributed by atoms with E-state index in [1.54, 1.807) is 0 Å². The molecule has 1 N–H and O–H groups in total. The van der Waals surface area contributed by atoms with E-state index in [4.69, 9.17) is 11.6 Å². The van der Waals surface area contributed by atoms with Crippen molar-refractivity contribution in [2.24, 2.45) is 5.92 Å². The van der Waals surface area contributed by atoms with Gasteiger partial charge in [0, 0.05) is 15.5 Å². The molecule has 0 radical (unpaired) electrons. The van der Waals surface area contributed by atoms with Gasteiger partial charge in [-0.25, -0.2) is 0 Å². The molecule has 0 aliphatic rings. The Balaban J connectivity index is 3.04. The van der Waals surface area contributed by atoms with E-state index in [9.17, 15) is 0 Å². The largest absolute Gasteiger partial charge is 0.313 e. The minimum Gasteiger partial charge on any atom is -0.313 e. The third kappa shape index (κ3) is 2.97. The highest BCUT2D eigenvalue weighted by Crippen LogP contribution is 2.27. The lowest BCUT2D eigenvalue weighted by Crippen LogP contribution is -2.21. The molecule has 0 aliphatic carbocycles. The molecule has 14 heavy (non-hydrogen) atoms. The Bertz CT molecular complexity index is 292. The molecular formula is C11H15BrClN. The van der Waals surface area contributed by atoms with E-state index >= 15 is 0 Å². The van der Waals surface area contributed by atoms with Crippen LogP contribution in [-0.4, -0.2) is 7.05 Å². The van der Waals surface area contributed by atoms with Crippen molar-refractivity contribution >= 4 is 27.5 Å². The maximum absolute atomic E-state index is 6.00. The van der Waals surface area contributed by atoms with Crippen molar-refractivity contribution in [1.29, 1.82) is 0 Å². The predicted molar refractivity (Wildman–Crippen MR) is 65.8 cm³/mol. The summed E-state index contributed by atoms with van der Waals surface area (Å²) in [6.07, 6.45) is 0. The number of nitrogens with one attached hydrogen (secondary N) is 1. The molecule has 1 unspecified atom stereocenters. The van der Waals surface area contributed by atoms with Gasteiger partial charge in [-0.05, 0) is 36.7 Å². The van der Waals surface area contributed by atoms with Gasteiger partial charge in [0.05, 0.1) is 0 Å². The van der Waals surface area contributed by atoms with Crippen molar-refractivity contribution in [3.05, 3.63) is 33.3 Å². The number of halogens is 2. The SMILES string of the molecule is CNC(c1cc(Cl)cc(Br)c1)C(C)C. The summed E-state index contributed by atoms with van der Waals surface area (Å²) in [6, 6.07) is 6.36. The summed E-state index contributed by atoms with van der Waals surface area (Å²) in [7, 11) is 1.97. The topological polar surface area (TPSA) is 12.0 Å². The normalized spacial score (nSPS) is 13.3. The first-order valence-corrected chi connectivity index (χ1v) is 5.85. The van der Waals surface area contributed by atoms with Crippen LogP contribution in [0.5, 0.6) is 0 Å². The van der Waals surface area contributed by atoms with Gasteiger partial charge in [0.1, 0.15) is 0 Å². The van der Waals surface area contributed by atoms with Gasteiger partial charge in [0.15, 0.2) is 0 Å². The molecule has 0 aromatic heterocycles. The third-order valence-corrected chi connectivity index (χ3v) is 2.90. The first kappa shape index (κ1) is 12.0. The molecule has 1 aromatic carbocycles. The standard InChI is InChI=1S/C11H15BrClN/c1-7(2)11(14-3)8-4-9(12)6-10(13)5-8/h4-7,11,14H,1-3H3. The van der Waals surface area contributed by atoms with Crippen LogP contribution >= 0.6 is 27.5 Å². The van der Waals surface area contributed by atoms with Crippen LogP contribution < -0.4 is 5.32 Å². The molecule has 0 saturated carbocycles. The van der Waals surface area contributed by atoms with Crippen molar-refractivity contribution < 1.29 is 0 Å². The Kier molecular flexibility index (Phi) is 4.42. The van der Waals surface area contributed by atoms with Gasteiger partial charge in [-0.2, -0.15) is 0 Å². The molecule has 0 bridgehead atoms. The highest BCUT2D eigenvalue weighted by molar-refractivity contribution is 9.10. The van der Waals surface area contributed by atoms with E-state index in [1.807, 2.05) is 19.2 Å². The number of hydrogen-bond acceptors (Lipinski definition) is 1. The van der Waals surface area contributed by atoms with Crippen LogP contribution in [0.15, 0.2) is 22.7 Å². The smallest absolute Gasteiger partial charge is 0.0420 e. The van der Waals surface area contributed by atoms with Crippen LogP contribution in [0.3, 0.4) is 0 Å². The van der Waals surface area contributed by atoms with Crippen LogP contribution in [0.25, 0.3) is 0 Å². The second-order valence-electron chi connectivity index (χ2n) is 3.71. The van der Waals surface area contributed by atoms with Gasteiger partial charge in [-0.3, -0.25) is 0 Å². The fourth-order valence-corrected chi connectivity index (χ4v) is 2.53. The Morgan fingerprint density at radius 3 is 2.36 bits per heavy atom. The molecule has 1 rings (SSSR count). The van der Waals surface area contributed by atoms with E-state index in [0.717, 1.165) is 9.50 Å². The minimum absolute atomic E-state index is 0.352. The summed E-state index contributed by atoms with van der Waals surface area (Å²) in [5.74, 6) is 0.547. The van der Waals surface area contributed by atoms with Crippen molar-refractivity contribution in [2.75, 3.05) is 7.05 Å². The summed E-state index contributed by atoms with van der Waals surface area (Å²) in [5.41, 5.74) is 1.22. The van der Waals surface area contributed by atoms with Gasteiger partial charge < -0.3 is 5.32 Å². The van der Waals surface area contributed by atoms with Crippen LogP contribution in [-0.2, 0) is 0 Å². The van der Waals surface area contributed by atoms with Crippen LogP contribution in [0.4, 0.5) is 0 Å². The third-order valence-electron chi connectivity index (χ3n) is 2.22. The molecule has 0 heterocycles. The van der Waals surface area contributed by atoms with E-state index in [2.05, 4.69) is 41.2 Å². The zero-order valence-electron chi connectivity index (χ0n) is 8.64. The summed E-state index contributed by atoms with van der Waals surface area (Å²) in [4.78, 5) is 0. The van der Waals surface area contributed by atoms with Crippen molar-refractivity contribution in [1.82, 2.24) is 5.32 Å². The van der Waals surface area contributed by atoms with E-state index in [1.165, 1.54) is 5.56 Å². The molecule has 0 spiro atoms. The summed E-state index contributed by atoms with van der Waals surface area (Å²) < 4.78 is 1.03. The molecule has 1 nitrogen and oxygen atoms in total. The lowest BCUT2D eigenvalue weighted by atomic mass is 9.96. The molecule has 0 saturated heterocycles. The number of hydrogen-bond donors (Lipinski definition) is 1. The first-order chi connectivity index (χ1) is 6.54. The van der Waals surface area contributed by atoms with Crippen molar-refractivity contribution in [3.8, 4) is 0 Å². The molecule has 0 amide bonds. The van der Waals surface area contributed by atoms with Crippen molar-refractivity contribution in [2.45, 2.75) is 19.9 Å². The molecule has 78 valence electrons. The molecule has 0 fully saturated rings. The predicted octanol–water partition coefficient (Wildman–Crippen LogP) is 4.02. The zero-order valence-corrected chi connectivity index (χ0v) is 11.0. The summed E-state index contributed by atoms with van der Waals surface area (Å²) >= 11 is 9.45. The maximum atomic E-state index is 6.00. The Labute approximate surface area is 99.0 Å². The number of rotatable bonds is 3. The van der Waals surface area contributed by atoms with E-state index in [-0.39, 0.29) is 0 Å². The highest BCUT2D eigenvalue weighted by Gasteiger charge is 2.14. The Hall–Kier alpha value is -0.0500. The minimum atomic E-state index is 0.352. The van der Waals surface area contributed by atoms with Gasteiger partial charge in [0.2, 0.25) is 0 Å². The zero-order chi connectivity index (χ0) is 10.7. The molecule has 1 aromatic rings. The van der Waals surface area contributed by atoms with Gasteiger partial charge in [-0.1, -0.05) is 41.4 Å². The maximum Gasteiger partial charge on any atom is 0.0420 e. The quantitative estimate of drug-likeness (QED) is 0.879. The fraction of sp³-hybridized carbons (Fsp3) is 0.455. The average molecular weight is 277 g/mol. The second-order valence-corrected chi connectivity index (χ2v) is 5.07. The van der Waals surface area contributed by atoms with Gasteiger partial charge in [-0.15, -0.1) is 0 Å². The lowest BCUT2D eigenvalue weighted by molar-refractivity contribution is 0.443.